The summed E-state index contributed by atoms with van der Waals surface area (Å²) in [5.41, 5.74) is 1.12. The largest absolute Gasteiger partial charge is 0.453 e. The van der Waals surface area contributed by atoms with Gasteiger partial charge in [-0.25, -0.2) is 4.98 Å². The number of hydrogen-bond acceptors (Lipinski definition) is 4. The Hall–Kier alpha value is -0.650. The summed E-state index contributed by atoms with van der Waals surface area (Å²) in [6.45, 7) is 8.37. The number of nitrogens with zero attached hydrogens (tertiary/aromatic N) is 1. The number of halogens is 1. The van der Waals surface area contributed by atoms with Gasteiger partial charge in [-0.2, -0.15) is 0 Å². The third kappa shape index (κ3) is 3.02. The number of hydrogen-bond donors (Lipinski definition) is 1. The van der Waals surface area contributed by atoms with Gasteiger partial charge in [-0.1, -0.05) is 0 Å². The topological polar surface area (TPSA) is 38.1 Å². The van der Waals surface area contributed by atoms with Crippen LogP contribution in [0.4, 0.5) is 0 Å². The molecule has 0 aliphatic carbocycles. The molecule has 0 aliphatic heterocycles. The predicted molar refractivity (Wildman–Crippen MR) is 78.0 cm³/mol. The average Bonchev–Trinajstić information content (AvgIpc) is 2.84. The number of aryl methyl sites for hydroxylation is 2. The summed E-state index contributed by atoms with van der Waals surface area (Å²) in [5, 5.41) is 4.65. The van der Waals surface area contributed by atoms with Crippen LogP contribution in [0.3, 0.4) is 0 Å². The van der Waals surface area contributed by atoms with Crippen LogP contribution in [0.15, 0.2) is 21.2 Å². The van der Waals surface area contributed by atoms with Gasteiger partial charge in [0.15, 0.2) is 4.67 Å². The van der Waals surface area contributed by atoms with Gasteiger partial charge in [0.25, 0.3) is 0 Å². The van der Waals surface area contributed by atoms with Gasteiger partial charge in [-0.05, 0) is 55.8 Å². The Balaban J connectivity index is 2.07. The number of thiazole rings is 1. The molecule has 18 heavy (non-hydrogen) atoms. The van der Waals surface area contributed by atoms with E-state index < -0.39 is 0 Å². The summed E-state index contributed by atoms with van der Waals surface area (Å²) in [6.07, 6.45) is 0. The van der Waals surface area contributed by atoms with Crippen molar-refractivity contribution in [2.75, 3.05) is 0 Å². The van der Waals surface area contributed by atoms with Crippen LogP contribution >= 0.6 is 27.3 Å². The highest BCUT2D eigenvalue weighted by Crippen LogP contribution is 2.28. The Morgan fingerprint density at radius 1 is 1.28 bits per heavy atom. The van der Waals surface area contributed by atoms with Gasteiger partial charge in [0.2, 0.25) is 0 Å². The van der Waals surface area contributed by atoms with Crippen molar-refractivity contribution in [3.63, 3.8) is 0 Å². The van der Waals surface area contributed by atoms with Gasteiger partial charge < -0.3 is 9.73 Å². The first-order valence-corrected chi connectivity index (χ1v) is 7.53. The number of aromatic nitrogens is 1. The van der Waals surface area contributed by atoms with E-state index in [9.17, 15) is 0 Å². The third-order valence-corrected chi connectivity index (χ3v) is 4.54. The van der Waals surface area contributed by atoms with E-state index in [1.54, 1.807) is 11.3 Å². The Morgan fingerprint density at radius 3 is 2.50 bits per heavy atom. The molecule has 0 bridgehead atoms. The van der Waals surface area contributed by atoms with Crippen molar-refractivity contribution in [3.05, 3.63) is 38.1 Å². The highest BCUT2D eigenvalue weighted by molar-refractivity contribution is 9.10. The second-order valence-electron chi connectivity index (χ2n) is 4.43. The number of furan rings is 1. The predicted octanol–water partition coefficient (Wildman–Crippen LogP) is 4.53. The molecule has 1 N–H and O–H groups in total. The van der Waals surface area contributed by atoms with Gasteiger partial charge in [0.05, 0.1) is 16.7 Å². The maximum absolute atomic E-state index is 5.56. The molecule has 5 heteroatoms. The molecule has 0 aromatic carbocycles. The first-order chi connectivity index (χ1) is 8.47. The van der Waals surface area contributed by atoms with Crippen LogP contribution in [0.1, 0.15) is 47.3 Å². The normalized spacial score (nSPS) is 14.7. The minimum absolute atomic E-state index is 0.174. The molecule has 2 aromatic rings. The highest BCUT2D eigenvalue weighted by atomic mass is 79.9. The van der Waals surface area contributed by atoms with Crippen LogP contribution in [0, 0.1) is 13.8 Å². The SMILES string of the molecule is Cc1nc(C)c(C(C)NC(C)c2ccc(Br)o2)s1. The summed E-state index contributed by atoms with van der Waals surface area (Å²) in [5.74, 6) is 0.938. The van der Waals surface area contributed by atoms with Gasteiger partial charge in [0, 0.05) is 10.9 Å². The molecule has 98 valence electrons. The van der Waals surface area contributed by atoms with Crippen molar-refractivity contribution < 1.29 is 4.42 Å². The van der Waals surface area contributed by atoms with Gasteiger partial charge in [-0.15, -0.1) is 11.3 Å². The molecule has 2 atom stereocenters. The summed E-state index contributed by atoms with van der Waals surface area (Å²) < 4.78 is 6.33. The molecule has 2 rings (SSSR count). The maximum Gasteiger partial charge on any atom is 0.169 e. The van der Waals surface area contributed by atoms with Gasteiger partial charge >= 0.3 is 0 Å². The lowest BCUT2D eigenvalue weighted by Crippen LogP contribution is -2.22. The number of rotatable bonds is 4. The summed E-state index contributed by atoms with van der Waals surface area (Å²) >= 11 is 5.08. The van der Waals surface area contributed by atoms with Crippen LogP contribution in [0.2, 0.25) is 0 Å². The second-order valence-corrected chi connectivity index (χ2v) is 6.45. The fraction of sp³-hybridized carbons (Fsp3) is 0.462. The summed E-state index contributed by atoms with van der Waals surface area (Å²) in [6, 6.07) is 4.35. The fourth-order valence-corrected chi connectivity index (χ4v) is 3.30. The highest BCUT2D eigenvalue weighted by Gasteiger charge is 2.17. The minimum Gasteiger partial charge on any atom is -0.453 e. The quantitative estimate of drug-likeness (QED) is 0.896. The molecule has 0 spiro atoms. The van der Waals surface area contributed by atoms with Crippen molar-refractivity contribution in [1.82, 2.24) is 10.3 Å². The van der Waals surface area contributed by atoms with E-state index in [4.69, 9.17) is 4.42 Å². The van der Waals surface area contributed by atoms with E-state index in [0.29, 0.717) is 0 Å². The molecule has 2 heterocycles. The number of nitrogens with one attached hydrogen (secondary N) is 1. The van der Waals surface area contributed by atoms with Crippen LogP contribution in [0.5, 0.6) is 0 Å². The minimum atomic E-state index is 0.174. The zero-order valence-corrected chi connectivity index (χ0v) is 13.4. The lowest BCUT2D eigenvalue weighted by Gasteiger charge is -2.17. The van der Waals surface area contributed by atoms with E-state index in [-0.39, 0.29) is 12.1 Å². The van der Waals surface area contributed by atoms with E-state index in [1.807, 2.05) is 19.1 Å². The Bertz CT molecular complexity index is 535. The van der Waals surface area contributed by atoms with Crippen LogP contribution < -0.4 is 5.32 Å². The second kappa shape index (κ2) is 5.55. The summed E-state index contributed by atoms with van der Waals surface area (Å²) in [4.78, 5) is 5.76. The lowest BCUT2D eigenvalue weighted by molar-refractivity contribution is 0.395. The Labute approximate surface area is 120 Å². The van der Waals surface area contributed by atoms with Crippen molar-refractivity contribution in [3.8, 4) is 0 Å². The lowest BCUT2D eigenvalue weighted by atomic mass is 10.2. The third-order valence-electron chi connectivity index (χ3n) is 2.85. The van der Waals surface area contributed by atoms with Gasteiger partial charge in [0.1, 0.15) is 5.76 Å². The van der Waals surface area contributed by atoms with Crippen molar-refractivity contribution in [2.24, 2.45) is 0 Å². The van der Waals surface area contributed by atoms with Crippen LogP contribution in [0.25, 0.3) is 0 Å². The first-order valence-electron chi connectivity index (χ1n) is 5.92. The fourth-order valence-electron chi connectivity index (χ4n) is 2.04. The maximum atomic E-state index is 5.56. The summed E-state index contributed by atoms with van der Waals surface area (Å²) in [7, 11) is 0. The molecule has 2 aromatic heterocycles. The molecule has 0 amide bonds. The molecule has 2 unspecified atom stereocenters. The first kappa shape index (κ1) is 13.8. The van der Waals surface area contributed by atoms with Crippen molar-refractivity contribution in [2.45, 2.75) is 39.8 Å². The molecule has 0 radical (unpaired) electrons. The van der Waals surface area contributed by atoms with Crippen molar-refractivity contribution >= 4 is 27.3 Å². The van der Waals surface area contributed by atoms with E-state index in [0.717, 1.165) is 21.1 Å². The zero-order chi connectivity index (χ0) is 13.3. The standard InChI is InChI=1S/C13H17BrN2OS/c1-7(11-5-6-12(14)17-11)15-8(2)13-9(3)16-10(4)18-13/h5-8,15H,1-4H3. The molecular formula is C13H17BrN2OS. The van der Waals surface area contributed by atoms with Gasteiger partial charge in [-0.3, -0.25) is 0 Å². The molecule has 0 saturated carbocycles. The molecule has 0 aliphatic rings. The van der Waals surface area contributed by atoms with Crippen LogP contribution in [-0.4, -0.2) is 4.98 Å². The molecule has 0 saturated heterocycles. The van der Waals surface area contributed by atoms with E-state index >= 15 is 0 Å². The smallest absolute Gasteiger partial charge is 0.169 e. The monoisotopic (exact) mass is 328 g/mol. The van der Waals surface area contributed by atoms with Crippen LogP contribution in [-0.2, 0) is 0 Å². The molecular weight excluding hydrogens is 312 g/mol. The average molecular weight is 329 g/mol. The Kier molecular flexibility index (Phi) is 4.25. The zero-order valence-electron chi connectivity index (χ0n) is 11.0. The Morgan fingerprint density at radius 2 is 2.00 bits per heavy atom. The molecule has 0 fully saturated rings. The van der Waals surface area contributed by atoms with E-state index in [1.165, 1.54) is 4.88 Å². The van der Waals surface area contributed by atoms with Crippen molar-refractivity contribution in [1.29, 1.82) is 0 Å². The molecule has 3 nitrogen and oxygen atoms in total. The van der Waals surface area contributed by atoms with E-state index in [2.05, 4.69) is 47.0 Å².